The third-order valence-electron chi connectivity index (χ3n) is 3.04. The number of benzene rings is 1. The standard InChI is InChI=1S/C14H18OS/c1-11(15)8-9-16-14-7-6-12-4-2-3-5-13(12)10-14/h6-7,10H,2-5,8-9H2,1H3. The molecule has 0 fully saturated rings. The third-order valence-corrected chi connectivity index (χ3v) is 4.04. The zero-order chi connectivity index (χ0) is 11.4. The molecule has 1 aromatic carbocycles. The number of hydrogen-bond acceptors (Lipinski definition) is 2. The van der Waals surface area contributed by atoms with E-state index in [0.29, 0.717) is 6.42 Å². The van der Waals surface area contributed by atoms with Crippen molar-refractivity contribution in [3.05, 3.63) is 29.3 Å². The first-order valence-electron chi connectivity index (χ1n) is 6.00. The molecule has 0 amide bonds. The lowest BCUT2D eigenvalue weighted by molar-refractivity contribution is -0.116. The molecule has 0 heterocycles. The molecule has 0 unspecified atom stereocenters. The second kappa shape index (κ2) is 5.53. The number of fused-ring (bicyclic) bond motifs is 1. The van der Waals surface area contributed by atoms with Crippen molar-refractivity contribution < 1.29 is 4.79 Å². The lowest BCUT2D eigenvalue weighted by atomic mass is 9.92. The van der Waals surface area contributed by atoms with Crippen LogP contribution in [0, 0.1) is 0 Å². The van der Waals surface area contributed by atoms with E-state index >= 15 is 0 Å². The van der Waals surface area contributed by atoms with Crippen molar-refractivity contribution in [2.24, 2.45) is 0 Å². The fraction of sp³-hybridized carbons (Fsp3) is 0.500. The highest BCUT2D eigenvalue weighted by Gasteiger charge is 2.09. The summed E-state index contributed by atoms with van der Waals surface area (Å²) >= 11 is 1.80. The molecule has 0 bridgehead atoms. The molecule has 0 N–H and O–H groups in total. The fourth-order valence-corrected chi connectivity index (χ4v) is 3.13. The molecule has 1 aliphatic carbocycles. The van der Waals surface area contributed by atoms with E-state index in [1.54, 1.807) is 18.7 Å². The summed E-state index contributed by atoms with van der Waals surface area (Å²) in [6.45, 7) is 1.66. The van der Waals surface area contributed by atoms with Crippen molar-refractivity contribution in [3.8, 4) is 0 Å². The van der Waals surface area contributed by atoms with Crippen molar-refractivity contribution >= 4 is 17.5 Å². The molecule has 0 saturated heterocycles. The van der Waals surface area contributed by atoms with Gasteiger partial charge in [0, 0.05) is 17.1 Å². The van der Waals surface area contributed by atoms with Crippen LogP contribution in [0.4, 0.5) is 0 Å². The molecule has 0 aliphatic heterocycles. The summed E-state index contributed by atoms with van der Waals surface area (Å²) in [4.78, 5) is 12.2. The fourth-order valence-electron chi connectivity index (χ4n) is 2.11. The van der Waals surface area contributed by atoms with Gasteiger partial charge in [-0.15, -0.1) is 11.8 Å². The first kappa shape index (κ1) is 11.7. The minimum absolute atomic E-state index is 0.283. The average Bonchev–Trinajstić information content (AvgIpc) is 2.28. The van der Waals surface area contributed by atoms with Crippen LogP contribution in [0.2, 0.25) is 0 Å². The van der Waals surface area contributed by atoms with E-state index in [-0.39, 0.29) is 5.78 Å². The van der Waals surface area contributed by atoms with Crippen LogP contribution >= 0.6 is 11.8 Å². The van der Waals surface area contributed by atoms with Crippen molar-refractivity contribution in [3.63, 3.8) is 0 Å². The minimum Gasteiger partial charge on any atom is -0.300 e. The molecule has 0 atom stereocenters. The minimum atomic E-state index is 0.283. The van der Waals surface area contributed by atoms with Crippen LogP contribution < -0.4 is 0 Å². The highest BCUT2D eigenvalue weighted by atomic mass is 32.2. The van der Waals surface area contributed by atoms with E-state index < -0.39 is 0 Å². The Morgan fingerprint density at radius 1 is 1.25 bits per heavy atom. The summed E-state index contributed by atoms with van der Waals surface area (Å²) in [5.74, 6) is 1.19. The van der Waals surface area contributed by atoms with Gasteiger partial charge >= 0.3 is 0 Å². The normalized spacial score (nSPS) is 14.6. The molecule has 1 nitrogen and oxygen atoms in total. The number of ketones is 1. The molecule has 16 heavy (non-hydrogen) atoms. The highest BCUT2D eigenvalue weighted by molar-refractivity contribution is 7.99. The molecular formula is C14H18OS. The number of Topliss-reactive ketones (excluding diaryl/α,β-unsaturated/α-hetero) is 1. The van der Waals surface area contributed by atoms with Gasteiger partial charge in [-0.3, -0.25) is 4.79 Å². The molecule has 0 aromatic heterocycles. The summed E-state index contributed by atoms with van der Waals surface area (Å²) in [6.07, 6.45) is 5.82. The number of carbonyl (C=O) groups is 1. The molecule has 1 aliphatic rings. The van der Waals surface area contributed by atoms with Crippen LogP contribution in [0.5, 0.6) is 0 Å². The van der Waals surface area contributed by atoms with Crippen LogP contribution in [0.25, 0.3) is 0 Å². The van der Waals surface area contributed by atoms with Gasteiger partial charge < -0.3 is 0 Å². The van der Waals surface area contributed by atoms with E-state index in [0.717, 1.165) is 5.75 Å². The molecule has 1 aromatic rings. The molecule has 2 heteroatoms. The van der Waals surface area contributed by atoms with E-state index in [9.17, 15) is 4.79 Å². The van der Waals surface area contributed by atoms with E-state index in [2.05, 4.69) is 18.2 Å². The van der Waals surface area contributed by atoms with Gasteiger partial charge in [-0.25, -0.2) is 0 Å². The van der Waals surface area contributed by atoms with Crippen LogP contribution in [-0.2, 0) is 17.6 Å². The molecule has 0 spiro atoms. The monoisotopic (exact) mass is 234 g/mol. The second-order valence-electron chi connectivity index (χ2n) is 4.44. The lowest BCUT2D eigenvalue weighted by Gasteiger charge is -2.16. The van der Waals surface area contributed by atoms with Crippen molar-refractivity contribution in [2.45, 2.75) is 43.9 Å². The zero-order valence-electron chi connectivity index (χ0n) is 9.79. The lowest BCUT2D eigenvalue weighted by Crippen LogP contribution is -2.02. The summed E-state index contributed by atoms with van der Waals surface area (Å²) in [6, 6.07) is 6.79. The smallest absolute Gasteiger partial charge is 0.130 e. The van der Waals surface area contributed by atoms with Gasteiger partial charge in [0.15, 0.2) is 0 Å². The Morgan fingerprint density at radius 3 is 2.75 bits per heavy atom. The third kappa shape index (κ3) is 3.11. The van der Waals surface area contributed by atoms with Crippen molar-refractivity contribution in [1.29, 1.82) is 0 Å². The predicted molar refractivity (Wildman–Crippen MR) is 69.1 cm³/mol. The van der Waals surface area contributed by atoms with E-state index in [1.165, 1.54) is 41.7 Å². The van der Waals surface area contributed by atoms with E-state index in [4.69, 9.17) is 0 Å². The number of rotatable bonds is 4. The van der Waals surface area contributed by atoms with E-state index in [1.807, 2.05) is 0 Å². The van der Waals surface area contributed by atoms with Crippen molar-refractivity contribution in [2.75, 3.05) is 5.75 Å². The molecule has 0 saturated carbocycles. The first-order valence-corrected chi connectivity index (χ1v) is 6.98. The number of aryl methyl sites for hydroxylation is 2. The largest absolute Gasteiger partial charge is 0.300 e. The molecule has 2 rings (SSSR count). The zero-order valence-corrected chi connectivity index (χ0v) is 10.6. The van der Waals surface area contributed by atoms with Gasteiger partial charge in [-0.05, 0) is 55.9 Å². The Bertz CT molecular complexity index is 384. The first-order chi connectivity index (χ1) is 7.75. The predicted octanol–water partition coefficient (Wildman–Crippen LogP) is 3.64. The van der Waals surface area contributed by atoms with Gasteiger partial charge in [-0.2, -0.15) is 0 Å². The maximum absolute atomic E-state index is 10.9. The average molecular weight is 234 g/mol. The Morgan fingerprint density at radius 2 is 2.00 bits per heavy atom. The summed E-state index contributed by atoms with van der Waals surface area (Å²) in [5, 5.41) is 0. The Hall–Kier alpha value is -0.760. The summed E-state index contributed by atoms with van der Waals surface area (Å²) < 4.78 is 0. The number of thioether (sulfide) groups is 1. The van der Waals surface area contributed by atoms with Crippen LogP contribution in [0.15, 0.2) is 23.1 Å². The van der Waals surface area contributed by atoms with Crippen molar-refractivity contribution in [1.82, 2.24) is 0 Å². The van der Waals surface area contributed by atoms with Gasteiger partial charge in [0.05, 0.1) is 0 Å². The van der Waals surface area contributed by atoms with Crippen LogP contribution in [0.3, 0.4) is 0 Å². The highest BCUT2D eigenvalue weighted by Crippen LogP contribution is 2.27. The summed E-state index contributed by atoms with van der Waals surface area (Å²) in [5.41, 5.74) is 3.06. The van der Waals surface area contributed by atoms with Crippen LogP contribution in [-0.4, -0.2) is 11.5 Å². The molecule has 86 valence electrons. The van der Waals surface area contributed by atoms with Crippen LogP contribution in [0.1, 0.15) is 37.3 Å². The Labute approximate surface area is 102 Å². The Balaban J connectivity index is 1.97. The number of carbonyl (C=O) groups excluding carboxylic acids is 1. The molecular weight excluding hydrogens is 216 g/mol. The topological polar surface area (TPSA) is 17.1 Å². The van der Waals surface area contributed by atoms with Gasteiger partial charge in [0.2, 0.25) is 0 Å². The van der Waals surface area contributed by atoms with Gasteiger partial charge in [0.25, 0.3) is 0 Å². The second-order valence-corrected chi connectivity index (χ2v) is 5.61. The van der Waals surface area contributed by atoms with Gasteiger partial charge in [0.1, 0.15) is 5.78 Å². The quantitative estimate of drug-likeness (QED) is 0.740. The maximum atomic E-state index is 10.9. The van der Waals surface area contributed by atoms with Gasteiger partial charge in [-0.1, -0.05) is 6.07 Å². The molecule has 0 radical (unpaired) electrons. The SMILES string of the molecule is CC(=O)CCSc1ccc2c(c1)CCCC2. The Kier molecular flexibility index (Phi) is 4.05. The number of hydrogen-bond donors (Lipinski definition) is 0. The summed E-state index contributed by atoms with van der Waals surface area (Å²) in [7, 11) is 0. The maximum Gasteiger partial charge on any atom is 0.130 e.